The van der Waals surface area contributed by atoms with E-state index in [1.165, 1.54) is 18.2 Å². The second kappa shape index (κ2) is 9.62. The molecule has 1 aromatic carbocycles. The Morgan fingerprint density at radius 1 is 1.10 bits per heavy atom. The van der Waals surface area contributed by atoms with Crippen LogP contribution in [0.5, 0.6) is 5.75 Å². The molecule has 0 atom stereocenters. The van der Waals surface area contributed by atoms with Crippen LogP contribution in [-0.4, -0.2) is 23.7 Å². The molecule has 0 aliphatic heterocycles. The molecule has 0 fully saturated rings. The topological polar surface area (TPSA) is 54.7 Å². The summed E-state index contributed by atoms with van der Waals surface area (Å²) >= 11 is 1.58. The van der Waals surface area contributed by atoms with E-state index in [9.17, 15) is 18.0 Å². The fourth-order valence-electron chi connectivity index (χ4n) is 2.74. The number of thiophene rings is 1. The van der Waals surface area contributed by atoms with Crippen molar-refractivity contribution >= 4 is 17.2 Å². The number of hydrogen-bond acceptors (Lipinski definition) is 5. The van der Waals surface area contributed by atoms with Crippen LogP contribution in [0.15, 0.2) is 64.6 Å². The van der Waals surface area contributed by atoms with Crippen molar-refractivity contribution in [2.75, 3.05) is 6.54 Å². The predicted octanol–water partition coefficient (Wildman–Crippen LogP) is 4.56. The lowest BCUT2D eigenvalue weighted by Crippen LogP contribution is -2.36. The van der Waals surface area contributed by atoms with E-state index in [4.69, 9.17) is 4.42 Å². The molecule has 0 bridgehead atoms. The minimum absolute atomic E-state index is 0.0703. The van der Waals surface area contributed by atoms with Gasteiger partial charge >= 0.3 is 6.36 Å². The van der Waals surface area contributed by atoms with Crippen molar-refractivity contribution in [2.45, 2.75) is 26.0 Å². The molecule has 154 valence electrons. The summed E-state index contributed by atoms with van der Waals surface area (Å²) in [4.78, 5) is 15.4. The molecule has 0 saturated carbocycles. The number of rotatable bonds is 9. The first-order chi connectivity index (χ1) is 13.9. The third-order valence-electron chi connectivity index (χ3n) is 3.96. The maximum atomic E-state index is 12.5. The maximum absolute atomic E-state index is 12.5. The van der Waals surface area contributed by atoms with Gasteiger partial charge in [-0.25, -0.2) is 0 Å². The number of amides is 1. The van der Waals surface area contributed by atoms with E-state index in [1.807, 2.05) is 28.5 Å². The molecule has 0 aliphatic carbocycles. The molecule has 0 unspecified atom stereocenters. The van der Waals surface area contributed by atoms with Gasteiger partial charge in [-0.2, -0.15) is 0 Å². The second-order valence-electron chi connectivity index (χ2n) is 6.24. The van der Waals surface area contributed by atoms with Gasteiger partial charge in [0.1, 0.15) is 11.5 Å². The lowest BCUT2D eigenvalue weighted by molar-refractivity contribution is -0.274. The number of para-hydroxylation sites is 1. The molecule has 5 nitrogen and oxygen atoms in total. The van der Waals surface area contributed by atoms with Crippen molar-refractivity contribution in [2.24, 2.45) is 0 Å². The Bertz CT molecular complexity index is 860. The lowest BCUT2D eigenvalue weighted by Gasteiger charge is -2.20. The molecule has 3 rings (SSSR count). The van der Waals surface area contributed by atoms with Gasteiger partial charge in [0.25, 0.3) is 0 Å². The van der Waals surface area contributed by atoms with E-state index in [0.717, 1.165) is 10.6 Å². The Kier molecular flexibility index (Phi) is 6.95. The third-order valence-corrected chi connectivity index (χ3v) is 4.82. The fraction of sp³-hybridized carbons (Fsp3) is 0.250. The number of carbonyl (C=O) groups is 1. The number of ether oxygens (including phenoxy) is 1. The van der Waals surface area contributed by atoms with Crippen molar-refractivity contribution in [3.8, 4) is 5.75 Å². The minimum Gasteiger partial charge on any atom is -0.468 e. The smallest absolute Gasteiger partial charge is 0.468 e. The highest BCUT2D eigenvalue weighted by Gasteiger charge is 2.32. The average molecular weight is 424 g/mol. The maximum Gasteiger partial charge on any atom is 0.573 e. The molecule has 29 heavy (non-hydrogen) atoms. The normalized spacial score (nSPS) is 11.6. The summed E-state index contributed by atoms with van der Waals surface area (Å²) in [6.45, 7) is 0.991. The van der Waals surface area contributed by atoms with Crippen LogP contribution >= 0.6 is 11.3 Å². The van der Waals surface area contributed by atoms with Crippen LogP contribution in [0.1, 0.15) is 16.2 Å². The summed E-state index contributed by atoms with van der Waals surface area (Å²) in [5, 5.41) is 4.62. The molecular weight excluding hydrogens is 405 g/mol. The summed E-state index contributed by atoms with van der Waals surface area (Å²) in [6.07, 6.45) is -3.23. The van der Waals surface area contributed by atoms with Crippen LogP contribution in [0.3, 0.4) is 0 Å². The SMILES string of the molecule is O=C(CN(Cc1ccco1)Cc1cccs1)NCc1ccccc1OC(F)(F)F. The largest absolute Gasteiger partial charge is 0.573 e. The molecule has 1 N–H and O–H groups in total. The van der Waals surface area contributed by atoms with E-state index in [1.54, 1.807) is 29.7 Å². The van der Waals surface area contributed by atoms with Crippen LogP contribution in [0, 0.1) is 0 Å². The molecule has 0 saturated heterocycles. The van der Waals surface area contributed by atoms with E-state index in [2.05, 4.69) is 10.1 Å². The highest BCUT2D eigenvalue weighted by atomic mass is 32.1. The second-order valence-corrected chi connectivity index (χ2v) is 7.27. The molecular formula is C20H19F3N2O3S. The zero-order valence-corrected chi connectivity index (χ0v) is 16.1. The van der Waals surface area contributed by atoms with Gasteiger partial charge in [0.2, 0.25) is 5.91 Å². The van der Waals surface area contributed by atoms with Gasteiger partial charge in [-0.1, -0.05) is 24.3 Å². The number of nitrogens with zero attached hydrogens (tertiary/aromatic N) is 1. The van der Waals surface area contributed by atoms with Crippen LogP contribution < -0.4 is 10.1 Å². The van der Waals surface area contributed by atoms with Crippen molar-refractivity contribution in [3.63, 3.8) is 0 Å². The zero-order chi connectivity index (χ0) is 20.7. The summed E-state index contributed by atoms with van der Waals surface area (Å²) < 4.78 is 47.0. The van der Waals surface area contributed by atoms with Crippen LogP contribution in [-0.2, 0) is 24.4 Å². The van der Waals surface area contributed by atoms with Crippen LogP contribution in [0.4, 0.5) is 13.2 Å². The molecule has 9 heteroatoms. The average Bonchev–Trinajstić information content (AvgIpc) is 3.34. The molecule has 1 amide bonds. The molecule has 2 heterocycles. The number of furan rings is 1. The molecule has 0 spiro atoms. The monoisotopic (exact) mass is 424 g/mol. The number of nitrogens with one attached hydrogen (secondary N) is 1. The van der Waals surface area contributed by atoms with Crippen molar-refractivity contribution in [1.82, 2.24) is 10.2 Å². The Hall–Kier alpha value is -2.78. The van der Waals surface area contributed by atoms with Gasteiger partial charge in [0, 0.05) is 23.5 Å². The highest BCUT2D eigenvalue weighted by Crippen LogP contribution is 2.26. The van der Waals surface area contributed by atoms with Crippen LogP contribution in [0.2, 0.25) is 0 Å². The molecule has 3 aromatic rings. The summed E-state index contributed by atoms with van der Waals surface area (Å²) in [5.41, 5.74) is 0.244. The number of benzene rings is 1. The number of alkyl halides is 3. The summed E-state index contributed by atoms with van der Waals surface area (Å²) in [5.74, 6) is 0.0829. The standard InChI is InChI=1S/C20H19F3N2O3S/c21-20(22,23)28-18-8-2-1-5-15(18)11-24-19(26)14-25(12-16-6-3-9-27-16)13-17-7-4-10-29-17/h1-10H,11-14H2,(H,24,26). The fourth-order valence-corrected chi connectivity index (χ4v) is 3.49. The first-order valence-electron chi connectivity index (χ1n) is 8.76. The van der Waals surface area contributed by atoms with Crippen molar-refractivity contribution in [3.05, 3.63) is 76.4 Å². The number of halogens is 3. The van der Waals surface area contributed by atoms with Gasteiger partial charge in [0.05, 0.1) is 19.4 Å². The van der Waals surface area contributed by atoms with E-state index < -0.39 is 6.36 Å². The quantitative estimate of drug-likeness (QED) is 0.547. The van der Waals surface area contributed by atoms with E-state index >= 15 is 0 Å². The van der Waals surface area contributed by atoms with E-state index in [-0.39, 0.29) is 30.3 Å². The Balaban J connectivity index is 1.60. The summed E-state index contributed by atoms with van der Waals surface area (Å²) in [6, 6.07) is 13.2. The van der Waals surface area contributed by atoms with Crippen molar-refractivity contribution < 1.29 is 27.1 Å². The zero-order valence-electron chi connectivity index (χ0n) is 15.3. The van der Waals surface area contributed by atoms with Gasteiger partial charge in [-0.15, -0.1) is 24.5 Å². The lowest BCUT2D eigenvalue weighted by atomic mass is 10.2. The molecule has 0 radical (unpaired) electrons. The van der Waals surface area contributed by atoms with Crippen LogP contribution in [0.25, 0.3) is 0 Å². The van der Waals surface area contributed by atoms with E-state index in [0.29, 0.717) is 13.1 Å². The molecule has 0 aliphatic rings. The number of hydrogen-bond donors (Lipinski definition) is 1. The molecule has 2 aromatic heterocycles. The van der Waals surface area contributed by atoms with Crippen molar-refractivity contribution in [1.29, 1.82) is 0 Å². The highest BCUT2D eigenvalue weighted by molar-refractivity contribution is 7.09. The van der Waals surface area contributed by atoms with Gasteiger partial charge in [0.15, 0.2) is 0 Å². The Morgan fingerprint density at radius 3 is 2.62 bits per heavy atom. The first kappa shape index (κ1) is 20.9. The number of carbonyl (C=O) groups excluding carboxylic acids is 1. The Labute approximate surface area is 169 Å². The first-order valence-corrected chi connectivity index (χ1v) is 9.64. The van der Waals surface area contributed by atoms with Gasteiger partial charge in [-0.05, 0) is 29.6 Å². The van der Waals surface area contributed by atoms with Gasteiger partial charge < -0.3 is 14.5 Å². The predicted molar refractivity (Wildman–Crippen MR) is 102 cm³/mol. The third kappa shape index (κ3) is 6.95. The summed E-state index contributed by atoms with van der Waals surface area (Å²) in [7, 11) is 0. The van der Waals surface area contributed by atoms with Gasteiger partial charge in [-0.3, -0.25) is 9.69 Å². The minimum atomic E-state index is -4.79. The Morgan fingerprint density at radius 2 is 1.93 bits per heavy atom.